The van der Waals surface area contributed by atoms with E-state index < -0.39 is 0 Å². The van der Waals surface area contributed by atoms with Gasteiger partial charge >= 0.3 is 0 Å². The number of amides is 1. The molecule has 2 heterocycles. The molecule has 1 unspecified atom stereocenters. The standard InChI is InChI=1S/C15H21N3O3.ClH/c16-7-11-2-1-5-18(8-11)9-15(19)17-12-3-4-13-14(6-12)21-10-20-13;/h3-4,6,11H,1-2,5,7-10,16H2,(H,17,19);1H. The van der Waals surface area contributed by atoms with Crippen LogP contribution in [0.1, 0.15) is 12.8 Å². The van der Waals surface area contributed by atoms with E-state index in [0.29, 0.717) is 24.8 Å². The Labute approximate surface area is 136 Å². The Balaban J connectivity index is 0.00000176. The van der Waals surface area contributed by atoms with E-state index in [0.717, 1.165) is 37.4 Å². The molecule has 7 heteroatoms. The topological polar surface area (TPSA) is 76.8 Å². The van der Waals surface area contributed by atoms with Crippen molar-refractivity contribution < 1.29 is 14.3 Å². The Kier molecular flexibility index (Phi) is 5.88. The van der Waals surface area contributed by atoms with Crippen molar-refractivity contribution in [2.45, 2.75) is 12.8 Å². The predicted octanol–water partition coefficient (Wildman–Crippen LogP) is 1.45. The zero-order valence-electron chi connectivity index (χ0n) is 12.4. The number of anilines is 1. The van der Waals surface area contributed by atoms with Crippen molar-refractivity contribution in [3.8, 4) is 11.5 Å². The van der Waals surface area contributed by atoms with Crippen LogP contribution in [-0.2, 0) is 4.79 Å². The lowest BCUT2D eigenvalue weighted by atomic mass is 9.98. The molecule has 0 bridgehead atoms. The van der Waals surface area contributed by atoms with Gasteiger partial charge in [-0.15, -0.1) is 12.4 Å². The van der Waals surface area contributed by atoms with Gasteiger partial charge in [-0.05, 0) is 44.0 Å². The van der Waals surface area contributed by atoms with E-state index in [1.807, 2.05) is 12.1 Å². The molecular formula is C15H22ClN3O3. The number of nitrogens with two attached hydrogens (primary N) is 1. The van der Waals surface area contributed by atoms with Crippen molar-refractivity contribution in [3.05, 3.63) is 18.2 Å². The Morgan fingerprint density at radius 3 is 3.00 bits per heavy atom. The van der Waals surface area contributed by atoms with Gasteiger partial charge in [0.1, 0.15) is 0 Å². The number of halogens is 1. The van der Waals surface area contributed by atoms with Gasteiger partial charge in [-0.3, -0.25) is 9.69 Å². The number of nitrogens with zero attached hydrogens (tertiary/aromatic N) is 1. The molecular weight excluding hydrogens is 306 g/mol. The molecule has 0 aliphatic carbocycles. The smallest absolute Gasteiger partial charge is 0.238 e. The van der Waals surface area contributed by atoms with Gasteiger partial charge < -0.3 is 20.5 Å². The summed E-state index contributed by atoms with van der Waals surface area (Å²) in [6.07, 6.45) is 2.27. The largest absolute Gasteiger partial charge is 0.454 e. The first-order chi connectivity index (χ1) is 10.2. The third-order valence-electron chi connectivity index (χ3n) is 3.96. The number of rotatable bonds is 4. The first kappa shape index (κ1) is 16.9. The van der Waals surface area contributed by atoms with E-state index in [2.05, 4.69) is 10.2 Å². The summed E-state index contributed by atoms with van der Waals surface area (Å²) in [6, 6.07) is 5.42. The maximum atomic E-state index is 12.1. The Morgan fingerprint density at radius 2 is 2.18 bits per heavy atom. The van der Waals surface area contributed by atoms with Crippen LogP contribution in [0.2, 0.25) is 0 Å². The summed E-state index contributed by atoms with van der Waals surface area (Å²) in [6.45, 7) is 3.21. The molecule has 0 saturated carbocycles. The van der Waals surface area contributed by atoms with Gasteiger partial charge in [0.15, 0.2) is 11.5 Å². The lowest BCUT2D eigenvalue weighted by Crippen LogP contribution is -2.42. The minimum absolute atomic E-state index is 0. The second-order valence-corrected chi connectivity index (χ2v) is 5.60. The van der Waals surface area contributed by atoms with Crippen molar-refractivity contribution in [1.82, 2.24) is 4.90 Å². The fraction of sp³-hybridized carbons (Fsp3) is 0.533. The van der Waals surface area contributed by atoms with Crippen molar-refractivity contribution in [3.63, 3.8) is 0 Å². The number of carbonyl (C=O) groups is 1. The zero-order chi connectivity index (χ0) is 14.7. The first-order valence-electron chi connectivity index (χ1n) is 7.36. The summed E-state index contributed by atoms with van der Waals surface area (Å²) < 4.78 is 10.6. The van der Waals surface area contributed by atoms with Crippen LogP contribution >= 0.6 is 12.4 Å². The number of benzene rings is 1. The van der Waals surface area contributed by atoms with E-state index in [9.17, 15) is 4.79 Å². The fourth-order valence-corrected chi connectivity index (χ4v) is 2.87. The van der Waals surface area contributed by atoms with E-state index in [-0.39, 0.29) is 25.1 Å². The second-order valence-electron chi connectivity index (χ2n) is 5.60. The van der Waals surface area contributed by atoms with Gasteiger partial charge in [0, 0.05) is 18.3 Å². The van der Waals surface area contributed by atoms with E-state index in [1.54, 1.807) is 6.07 Å². The summed E-state index contributed by atoms with van der Waals surface area (Å²) in [5, 5.41) is 2.90. The van der Waals surface area contributed by atoms with Crippen LogP contribution in [-0.4, -0.2) is 43.8 Å². The number of fused-ring (bicyclic) bond motifs is 1. The van der Waals surface area contributed by atoms with Crippen LogP contribution in [0, 0.1) is 5.92 Å². The summed E-state index contributed by atoms with van der Waals surface area (Å²) in [7, 11) is 0. The minimum Gasteiger partial charge on any atom is -0.454 e. The highest BCUT2D eigenvalue weighted by molar-refractivity contribution is 5.92. The van der Waals surface area contributed by atoms with Crippen LogP contribution in [0.15, 0.2) is 18.2 Å². The van der Waals surface area contributed by atoms with Crippen LogP contribution in [0.3, 0.4) is 0 Å². The SMILES string of the molecule is Cl.NCC1CCCN(CC(=O)Nc2ccc3c(c2)OCO3)C1. The van der Waals surface area contributed by atoms with Crippen molar-refractivity contribution >= 4 is 24.0 Å². The van der Waals surface area contributed by atoms with Crippen LogP contribution in [0.4, 0.5) is 5.69 Å². The number of piperidine rings is 1. The maximum absolute atomic E-state index is 12.1. The number of nitrogens with one attached hydrogen (secondary N) is 1. The molecule has 1 amide bonds. The molecule has 3 N–H and O–H groups in total. The van der Waals surface area contributed by atoms with Crippen LogP contribution in [0.25, 0.3) is 0 Å². The van der Waals surface area contributed by atoms with Gasteiger partial charge in [-0.2, -0.15) is 0 Å². The highest BCUT2D eigenvalue weighted by Crippen LogP contribution is 2.34. The lowest BCUT2D eigenvalue weighted by Gasteiger charge is -2.31. The quantitative estimate of drug-likeness (QED) is 0.875. The van der Waals surface area contributed by atoms with Crippen LogP contribution in [0.5, 0.6) is 11.5 Å². The minimum atomic E-state index is -0.00784. The van der Waals surface area contributed by atoms with Gasteiger partial charge in [0.25, 0.3) is 0 Å². The van der Waals surface area contributed by atoms with Gasteiger partial charge in [-0.25, -0.2) is 0 Å². The highest BCUT2D eigenvalue weighted by atomic mass is 35.5. The van der Waals surface area contributed by atoms with Gasteiger partial charge in [-0.1, -0.05) is 0 Å². The molecule has 0 aromatic heterocycles. The highest BCUT2D eigenvalue weighted by Gasteiger charge is 2.21. The molecule has 1 aromatic rings. The van der Waals surface area contributed by atoms with Crippen molar-refractivity contribution in [2.75, 3.05) is 38.3 Å². The molecule has 2 aliphatic rings. The summed E-state index contributed by atoms with van der Waals surface area (Å²) in [5.41, 5.74) is 6.45. The fourth-order valence-electron chi connectivity index (χ4n) is 2.87. The molecule has 3 rings (SSSR count). The molecule has 122 valence electrons. The van der Waals surface area contributed by atoms with E-state index in [4.69, 9.17) is 15.2 Å². The molecule has 6 nitrogen and oxygen atoms in total. The monoisotopic (exact) mass is 327 g/mol. The second kappa shape index (κ2) is 7.67. The number of ether oxygens (including phenoxy) is 2. The molecule has 2 aliphatic heterocycles. The average molecular weight is 328 g/mol. The molecule has 1 saturated heterocycles. The van der Waals surface area contributed by atoms with Gasteiger partial charge in [0.05, 0.1) is 6.54 Å². The molecule has 0 spiro atoms. The maximum Gasteiger partial charge on any atom is 0.238 e. The Hall–Kier alpha value is -1.50. The average Bonchev–Trinajstić information content (AvgIpc) is 2.95. The first-order valence-corrected chi connectivity index (χ1v) is 7.36. The number of hydrogen-bond donors (Lipinski definition) is 2. The number of carbonyl (C=O) groups excluding carboxylic acids is 1. The third-order valence-corrected chi connectivity index (χ3v) is 3.96. The molecule has 1 aromatic carbocycles. The molecule has 1 fully saturated rings. The summed E-state index contributed by atoms with van der Waals surface area (Å²) >= 11 is 0. The van der Waals surface area contributed by atoms with Crippen molar-refractivity contribution in [2.24, 2.45) is 11.7 Å². The normalized spacial score (nSPS) is 20.3. The zero-order valence-corrected chi connectivity index (χ0v) is 13.2. The number of hydrogen-bond acceptors (Lipinski definition) is 5. The summed E-state index contributed by atoms with van der Waals surface area (Å²) in [4.78, 5) is 14.3. The van der Waals surface area contributed by atoms with E-state index in [1.165, 1.54) is 0 Å². The van der Waals surface area contributed by atoms with Crippen molar-refractivity contribution in [1.29, 1.82) is 0 Å². The number of likely N-dealkylation sites (tertiary alicyclic amines) is 1. The third kappa shape index (κ3) is 4.03. The van der Waals surface area contributed by atoms with E-state index >= 15 is 0 Å². The Morgan fingerprint density at radius 1 is 1.36 bits per heavy atom. The van der Waals surface area contributed by atoms with Gasteiger partial charge in [0.2, 0.25) is 12.7 Å². The summed E-state index contributed by atoms with van der Waals surface area (Å²) in [5.74, 6) is 1.90. The Bertz CT molecular complexity index is 527. The molecule has 0 radical (unpaired) electrons. The van der Waals surface area contributed by atoms with Crippen LogP contribution < -0.4 is 20.5 Å². The molecule has 22 heavy (non-hydrogen) atoms. The predicted molar refractivity (Wildman–Crippen MR) is 86.7 cm³/mol. The lowest BCUT2D eigenvalue weighted by molar-refractivity contribution is -0.117. The molecule has 1 atom stereocenters.